The largest absolute Gasteiger partial charge is 0.368 e. The standard InChI is InChI=1S/C14H17N5OS/c1-18-4-6-19(7-5-18)11-2-3-13(15-8-11)17-14(20)12-9-21-10-16-12/h2-3,8-10H,4-7H2,1H3,(H,15,17,20). The number of hydrogen-bond acceptors (Lipinski definition) is 6. The first kappa shape index (κ1) is 14.0. The normalized spacial score (nSPS) is 16.0. The number of carbonyl (C=O) groups excluding carboxylic acids is 1. The summed E-state index contributed by atoms with van der Waals surface area (Å²) in [5.74, 6) is 0.321. The molecule has 21 heavy (non-hydrogen) atoms. The molecule has 3 rings (SSSR count). The van der Waals surface area contributed by atoms with Gasteiger partial charge < -0.3 is 15.1 Å². The number of thiazole rings is 1. The molecular weight excluding hydrogens is 286 g/mol. The number of rotatable bonds is 3. The summed E-state index contributed by atoms with van der Waals surface area (Å²) in [7, 11) is 2.13. The number of carbonyl (C=O) groups is 1. The lowest BCUT2D eigenvalue weighted by Gasteiger charge is -2.33. The van der Waals surface area contributed by atoms with Crippen molar-refractivity contribution in [2.45, 2.75) is 0 Å². The monoisotopic (exact) mass is 303 g/mol. The second kappa shape index (κ2) is 6.19. The SMILES string of the molecule is CN1CCN(c2ccc(NC(=O)c3cscn3)nc2)CC1. The van der Waals surface area contributed by atoms with Gasteiger partial charge in [-0.3, -0.25) is 4.79 Å². The molecule has 110 valence electrons. The molecule has 7 heteroatoms. The average molecular weight is 303 g/mol. The molecule has 1 aliphatic rings. The van der Waals surface area contributed by atoms with Crippen molar-refractivity contribution >= 4 is 28.7 Å². The van der Waals surface area contributed by atoms with Crippen LogP contribution in [0.1, 0.15) is 10.5 Å². The average Bonchev–Trinajstić information content (AvgIpc) is 3.03. The number of nitrogens with one attached hydrogen (secondary N) is 1. The van der Waals surface area contributed by atoms with E-state index in [1.165, 1.54) is 11.3 Å². The number of hydrogen-bond donors (Lipinski definition) is 1. The van der Waals surface area contributed by atoms with Gasteiger partial charge in [-0.2, -0.15) is 0 Å². The summed E-state index contributed by atoms with van der Waals surface area (Å²) in [6.45, 7) is 4.12. The lowest BCUT2D eigenvalue weighted by Crippen LogP contribution is -2.44. The van der Waals surface area contributed by atoms with Gasteiger partial charge in [-0.15, -0.1) is 11.3 Å². The number of amides is 1. The van der Waals surface area contributed by atoms with Crippen molar-refractivity contribution in [1.29, 1.82) is 0 Å². The summed E-state index contributed by atoms with van der Waals surface area (Å²) in [4.78, 5) is 24.8. The lowest BCUT2D eigenvalue weighted by molar-refractivity contribution is 0.102. The third-order valence-electron chi connectivity index (χ3n) is 3.52. The molecular formula is C14H17N5OS. The van der Waals surface area contributed by atoms with Gasteiger partial charge in [0.1, 0.15) is 11.5 Å². The van der Waals surface area contributed by atoms with Crippen LogP contribution in [0, 0.1) is 0 Å². The molecule has 1 aliphatic heterocycles. The number of piperazine rings is 1. The Kier molecular flexibility index (Phi) is 4.12. The second-order valence-corrected chi connectivity index (χ2v) is 5.74. The van der Waals surface area contributed by atoms with Crippen molar-refractivity contribution in [2.75, 3.05) is 43.4 Å². The van der Waals surface area contributed by atoms with Gasteiger partial charge in [-0.25, -0.2) is 9.97 Å². The third-order valence-corrected chi connectivity index (χ3v) is 4.11. The molecule has 0 atom stereocenters. The summed E-state index contributed by atoms with van der Waals surface area (Å²) in [6.07, 6.45) is 1.81. The predicted octanol–water partition coefficient (Wildman–Crippen LogP) is 1.54. The van der Waals surface area contributed by atoms with E-state index in [1.54, 1.807) is 10.9 Å². The van der Waals surface area contributed by atoms with Gasteiger partial charge in [0.25, 0.3) is 5.91 Å². The van der Waals surface area contributed by atoms with Gasteiger partial charge >= 0.3 is 0 Å². The number of likely N-dealkylation sites (N-methyl/N-ethyl adjacent to an activating group) is 1. The quantitative estimate of drug-likeness (QED) is 0.932. The highest BCUT2D eigenvalue weighted by Gasteiger charge is 2.15. The molecule has 0 saturated carbocycles. The van der Waals surface area contributed by atoms with Gasteiger partial charge in [0, 0.05) is 31.6 Å². The highest BCUT2D eigenvalue weighted by atomic mass is 32.1. The van der Waals surface area contributed by atoms with E-state index in [0.29, 0.717) is 11.5 Å². The first-order valence-electron chi connectivity index (χ1n) is 6.81. The molecule has 0 radical (unpaired) electrons. The fraction of sp³-hybridized carbons (Fsp3) is 0.357. The molecule has 0 spiro atoms. The Morgan fingerprint density at radius 1 is 1.24 bits per heavy atom. The van der Waals surface area contributed by atoms with E-state index in [1.807, 2.05) is 18.3 Å². The Bertz CT molecular complexity index is 590. The van der Waals surface area contributed by atoms with Gasteiger partial charge in [0.15, 0.2) is 0 Å². The van der Waals surface area contributed by atoms with Crippen molar-refractivity contribution in [2.24, 2.45) is 0 Å². The first-order valence-corrected chi connectivity index (χ1v) is 7.76. The van der Waals surface area contributed by atoms with Crippen LogP contribution >= 0.6 is 11.3 Å². The van der Waals surface area contributed by atoms with Gasteiger partial charge in [0.2, 0.25) is 0 Å². The molecule has 6 nitrogen and oxygen atoms in total. The zero-order valence-corrected chi connectivity index (χ0v) is 12.6. The van der Waals surface area contributed by atoms with Crippen LogP contribution < -0.4 is 10.2 Å². The van der Waals surface area contributed by atoms with E-state index in [4.69, 9.17) is 0 Å². The molecule has 1 N–H and O–H groups in total. The maximum atomic E-state index is 11.9. The van der Waals surface area contributed by atoms with E-state index in [0.717, 1.165) is 31.9 Å². The highest BCUT2D eigenvalue weighted by molar-refractivity contribution is 7.07. The van der Waals surface area contributed by atoms with Gasteiger partial charge in [-0.05, 0) is 19.2 Å². The molecule has 0 aromatic carbocycles. The zero-order chi connectivity index (χ0) is 14.7. The maximum absolute atomic E-state index is 11.9. The van der Waals surface area contributed by atoms with Crippen molar-refractivity contribution in [3.05, 3.63) is 34.9 Å². The Balaban J connectivity index is 1.63. The van der Waals surface area contributed by atoms with Crippen LogP contribution in [0.3, 0.4) is 0 Å². The number of pyridine rings is 1. The van der Waals surface area contributed by atoms with E-state index in [9.17, 15) is 4.79 Å². The summed E-state index contributed by atoms with van der Waals surface area (Å²) >= 11 is 1.40. The lowest BCUT2D eigenvalue weighted by atomic mass is 10.3. The van der Waals surface area contributed by atoms with Crippen LogP contribution in [0.15, 0.2) is 29.2 Å². The summed E-state index contributed by atoms with van der Waals surface area (Å²) < 4.78 is 0. The van der Waals surface area contributed by atoms with Gasteiger partial charge in [-0.1, -0.05) is 0 Å². The molecule has 2 aromatic rings. The smallest absolute Gasteiger partial charge is 0.276 e. The molecule has 0 unspecified atom stereocenters. The van der Waals surface area contributed by atoms with E-state index in [-0.39, 0.29) is 5.91 Å². The molecule has 0 aliphatic carbocycles. The molecule has 1 saturated heterocycles. The number of nitrogens with zero attached hydrogens (tertiary/aromatic N) is 4. The van der Waals surface area contributed by atoms with Gasteiger partial charge in [0.05, 0.1) is 17.4 Å². The molecule has 0 bridgehead atoms. The Labute approximate surface area is 127 Å². The molecule has 3 heterocycles. The fourth-order valence-corrected chi connectivity index (χ4v) is 2.75. The van der Waals surface area contributed by atoms with Crippen molar-refractivity contribution in [3.8, 4) is 0 Å². The predicted molar refractivity (Wildman–Crippen MR) is 84.0 cm³/mol. The molecule has 1 amide bonds. The Hall–Kier alpha value is -1.99. The minimum Gasteiger partial charge on any atom is -0.368 e. The van der Waals surface area contributed by atoms with Crippen molar-refractivity contribution in [3.63, 3.8) is 0 Å². The van der Waals surface area contributed by atoms with E-state index < -0.39 is 0 Å². The molecule has 1 fully saturated rings. The topological polar surface area (TPSA) is 61.4 Å². The summed E-state index contributed by atoms with van der Waals surface area (Å²) in [5, 5.41) is 4.47. The van der Waals surface area contributed by atoms with Crippen LogP contribution in [0.4, 0.5) is 11.5 Å². The van der Waals surface area contributed by atoms with Crippen LogP contribution in [-0.2, 0) is 0 Å². The number of aromatic nitrogens is 2. The zero-order valence-electron chi connectivity index (χ0n) is 11.8. The second-order valence-electron chi connectivity index (χ2n) is 5.02. The van der Waals surface area contributed by atoms with E-state index >= 15 is 0 Å². The first-order chi connectivity index (χ1) is 10.2. The fourth-order valence-electron chi connectivity index (χ4n) is 2.22. The van der Waals surface area contributed by atoms with Crippen molar-refractivity contribution in [1.82, 2.24) is 14.9 Å². The van der Waals surface area contributed by atoms with E-state index in [2.05, 4.69) is 32.1 Å². The molecule has 2 aromatic heterocycles. The number of anilines is 2. The van der Waals surface area contributed by atoms with Crippen LogP contribution in [0.25, 0.3) is 0 Å². The minimum absolute atomic E-state index is 0.226. The summed E-state index contributed by atoms with van der Waals surface area (Å²) in [5.41, 5.74) is 3.15. The Morgan fingerprint density at radius 3 is 2.67 bits per heavy atom. The maximum Gasteiger partial charge on any atom is 0.276 e. The Morgan fingerprint density at radius 2 is 2.05 bits per heavy atom. The third kappa shape index (κ3) is 3.37. The summed E-state index contributed by atoms with van der Waals surface area (Å²) in [6, 6.07) is 3.83. The van der Waals surface area contributed by atoms with Crippen molar-refractivity contribution < 1.29 is 4.79 Å². The minimum atomic E-state index is -0.226. The highest BCUT2D eigenvalue weighted by Crippen LogP contribution is 2.17. The van der Waals surface area contributed by atoms with Crippen LogP contribution in [-0.4, -0.2) is 54.0 Å². The van der Waals surface area contributed by atoms with Crippen LogP contribution in [0.2, 0.25) is 0 Å². The van der Waals surface area contributed by atoms with Crippen LogP contribution in [0.5, 0.6) is 0 Å².